The normalized spacial score (nSPS) is 17.8. The summed E-state index contributed by atoms with van der Waals surface area (Å²) < 4.78 is 182. The molecule has 210 valence electrons. The lowest BCUT2D eigenvalue weighted by atomic mass is 9.85. The van der Waals surface area contributed by atoms with Gasteiger partial charge in [0.15, 0.2) is 0 Å². The van der Waals surface area contributed by atoms with E-state index in [0.29, 0.717) is 0 Å². The fraction of sp³-hybridized carbons (Fsp3) is 0. The van der Waals surface area contributed by atoms with Crippen molar-refractivity contribution in [3.05, 3.63) is 169 Å². The first kappa shape index (κ1) is 12.6. The Balaban J connectivity index is 1.42. The average molecular weight is 593 g/mol. The van der Waals surface area contributed by atoms with E-state index in [9.17, 15) is 6.85 Å². The highest BCUT2D eigenvalue weighted by atomic mass is 16.3. The van der Waals surface area contributed by atoms with Crippen LogP contribution < -0.4 is 0 Å². The molecule has 0 atom stereocenters. The van der Waals surface area contributed by atoms with Crippen molar-refractivity contribution in [2.45, 2.75) is 0 Å². The molecule has 0 spiro atoms. The zero-order valence-electron chi connectivity index (χ0n) is 43.0. The zero-order chi connectivity index (χ0) is 47.1. The molecule has 0 aliphatic carbocycles. The van der Waals surface area contributed by atoms with Gasteiger partial charge in [-0.05, 0) is 96.3 Å². The van der Waals surface area contributed by atoms with E-state index in [1.807, 2.05) is 0 Å². The minimum absolute atomic E-state index is 0.143. The van der Waals surface area contributed by atoms with Gasteiger partial charge in [-0.3, -0.25) is 0 Å². The topological polar surface area (TPSA) is 13.1 Å². The molecule has 1 heterocycles. The molecule has 45 heavy (non-hydrogen) atoms. The highest BCUT2D eigenvalue weighted by Crippen LogP contribution is 2.45. The third kappa shape index (κ3) is 4.24. The summed E-state index contributed by atoms with van der Waals surface area (Å²) in [4.78, 5) is 0. The Morgan fingerprint density at radius 3 is 1.42 bits per heavy atom. The molecule has 0 radical (unpaired) electrons. The molecule has 9 rings (SSSR count). The molecule has 0 unspecified atom stereocenters. The molecule has 1 nitrogen and oxygen atoms in total. The van der Waals surface area contributed by atoms with Gasteiger partial charge in [0, 0.05) is 10.8 Å². The van der Waals surface area contributed by atoms with Gasteiger partial charge in [0.05, 0.1) is 27.4 Å². The molecule has 0 saturated carbocycles. The third-order valence-electron chi connectivity index (χ3n) is 7.57. The van der Waals surface area contributed by atoms with Gasteiger partial charge in [0.25, 0.3) is 0 Å². The van der Waals surface area contributed by atoms with E-state index < -0.39 is 149 Å². The summed E-state index contributed by atoms with van der Waals surface area (Å²) in [5.41, 5.74) is -2.92. The Morgan fingerprint density at radius 2 is 0.800 bits per heavy atom. The Kier molecular flexibility index (Phi) is 2.90. The van der Waals surface area contributed by atoms with Crippen molar-refractivity contribution in [3.63, 3.8) is 0 Å². The van der Waals surface area contributed by atoms with E-state index in [4.69, 9.17) is 25.0 Å². The zero-order valence-corrected chi connectivity index (χ0v) is 23.0. The fourth-order valence-corrected chi connectivity index (χ4v) is 5.66. The van der Waals surface area contributed by atoms with Gasteiger partial charge in [0.2, 0.25) is 0 Å². The number of hydrogen-bond donors (Lipinski definition) is 0. The van der Waals surface area contributed by atoms with Crippen molar-refractivity contribution < 1.29 is 31.8 Å². The predicted molar refractivity (Wildman–Crippen MR) is 190 cm³/mol. The second-order valence-electron chi connectivity index (χ2n) is 10.1. The van der Waals surface area contributed by atoms with Gasteiger partial charge in [-0.1, -0.05) is 139 Å². The van der Waals surface area contributed by atoms with Crippen LogP contribution in [0, 0.1) is 0 Å². The monoisotopic (exact) mass is 592 g/mol. The van der Waals surface area contributed by atoms with Crippen molar-refractivity contribution in [3.8, 4) is 44.5 Å². The molecular weight excluding hydrogens is 544 g/mol. The molecule has 9 aromatic rings. The first-order valence-electron chi connectivity index (χ1n) is 23.8. The Bertz CT molecular complexity index is 3580. The third-order valence-corrected chi connectivity index (χ3v) is 7.57. The lowest BCUT2D eigenvalue weighted by molar-refractivity contribution is 0.669. The van der Waals surface area contributed by atoms with Gasteiger partial charge >= 0.3 is 0 Å². The van der Waals surface area contributed by atoms with Gasteiger partial charge in [-0.25, -0.2) is 0 Å². The van der Waals surface area contributed by atoms with Crippen molar-refractivity contribution in [2.75, 3.05) is 0 Å². The van der Waals surface area contributed by atoms with Crippen LogP contribution in [-0.2, 0) is 0 Å². The quantitative estimate of drug-likeness (QED) is 0.185. The van der Waals surface area contributed by atoms with E-state index in [2.05, 4.69) is 0 Å². The van der Waals surface area contributed by atoms with E-state index in [1.165, 1.54) is 0 Å². The van der Waals surface area contributed by atoms with Crippen LogP contribution >= 0.6 is 0 Å². The SMILES string of the molecule is [2H]c1c([2H])c([2H])c(-c2c([2H])c([2H])c([2H])c(-c3c4ccccc4c(-c4c([2H])c([2H])c([2H])c(-c5c([2H])c([2H])c6oc7c([2H])c([2H])c([2H])c([2H])c7c6c5[2H])c4[2H])c4ccccc34)c2[2H])c([2H])c1[2H]. The number of para-hydroxylation sites is 1. The summed E-state index contributed by atoms with van der Waals surface area (Å²) in [7, 11) is 0. The first-order chi connectivity index (χ1) is 30.7. The maximum atomic E-state index is 9.76. The van der Waals surface area contributed by atoms with Gasteiger partial charge in [-0.15, -0.1) is 0 Å². The van der Waals surface area contributed by atoms with Gasteiger partial charge < -0.3 is 4.42 Å². The van der Waals surface area contributed by atoms with E-state index in [1.54, 1.807) is 48.5 Å². The van der Waals surface area contributed by atoms with Crippen molar-refractivity contribution in [2.24, 2.45) is 0 Å². The van der Waals surface area contributed by atoms with Gasteiger partial charge in [0.1, 0.15) is 11.2 Å². The van der Waals surface area contributed by atoms with Crippen LogP contribution in [0.4, 0.5) is 0 Å². The second kappa shape index (κ2) is 10.4. The highest BCUT2D eigenvalue weighted by molar-refractivity contribution is 6.21. The summed E-state index contributed by atoms with van der Waals surface area (Å²) in [6.45, 7) is 0. The molecule has 1 heteroatoms. The minimum atomic E-state index is -0.735. The van der Waals surface area contributed by atoms with Crippen LogP contribution in [0.2, 0.25) is 0 Å². The van der Waals surface area contributed by atoms with Gasteiger partial charge in [-0.2, -0.15) is 0 Å². The first-order valence-corrected chi connectivity index (χ1v) is 13.8. The summed E-state index contributed by atoms with van der Waals surface area (Å²) in [6.07, 6.45) is 0. The molecular formula is C44H28O. The number of benzene rings is 8. The van der Waals surface area contributed by atoms with Crippen LogP contribution in [0.5, 0.6) is 0 Å². The average Bonchev–Trinajstić information content (AvgIpc) is 3.71. The summed E-state index contributed by atoms with van der Waals surface area (Å²) in [5, 5.41) is 0.531. The molecule has 1 aromatic heterocycles. The van der Waals surface area contributed by atoms with Crippen LogP contribution in [-0.4, -0.2) is 0 Å². The Hall–Kier alpha value is -5.92. The standard InChI is InChI=1S/C44H28O/c1-2-12-29(13-3-1)30-14-10-16-33(26-30)43-36-19-4-6-21-38(36)44(39-22-7-5-20-37(39)43)34-17-11-15-31(27-34)32-24-25-42-40(28-32)35-18-8-9-23-41(35)45-42/h1-28H/i1D,2D,3D,8D,9D,10D,11D,12D,13D,14D,15D,16D,17D,18D,23D,24D,25D,26D,27D,28D. The maximum absolute atomic E-state index is 9.76. The molecule has 0 bridgehead atoms. The predicted octanol–water partition coefficient (Wildman–Crippen LogP) is 12.6. The molecule has 0 aliphatic rings. The number of hydrogen-bond acceptors (Lipinski definition) is 1. The van der Waals surface area contributed by atoms with Crippen LogP contribution in [0.3, 0.4) is 0 Å². The molecule has 0 fully saturated rings. The fourth-order valence-electron chi connectivity index (χ4n) is 5.66. The second-order valence-corrected chi connectivity index (χ2v) is 10.1. The summed E-state index contributed by atoms with van der Waals surface area (Å²) in [6, 6.07) is -0.368. The highest BCUT2D eigenvalue weighted by Gasteiger charge is 2.17. The largest absolute Gasteiger partial charge is 0.456 e. The summed E-state index contributed by atoms with van der Waals surface area (Å²) in [5.74, 6) is 0. The molecule has 8 aromatic carbocycles. The van der Waals surface area contributed by atoms with Crippen molar-refractivity contribution in [1.29, 1.82) is 0 Å². The Morgan fingerprint density at radius 1 is 0.333 bits per heavy atom. The molecule has 0 saturated heterocycles. The molecule has 0 N–H and O–H groups in total. The molecule has 0 amide bonds. The van der Waals surface area contributed by atoms with E-state index >= 15 is 0 Å². The van der Waals surface area contributed by atoms with E-state index in [-0.39, 0.29) is 60.2 Å². The minimum Gasteiger partial charge on any atom is -0.456 e. The number of fused-ring (bicyclic) bond motifs is 5. The van der Waals surface area contributed by atoms with Crippen molar-refractivity contribution >= 4 is 43.5 Å². The Labute approximate surface area is 289 Å². The lowest BCUT2D eigenvalue weighted by Crippen LogP contribution is -1.91. The smallest absolute Gasteiger partial charge is 0.135 e. The van der Waals surface area contributed by atoms with E-state index in [0.717, 1.165) is 0 Å². The number of furan rings is 1. The van der Waals surface area contributed by atoms with Crippen LogP contribution in [0.15, 0.2) is 174 Å². The maximum Gasteiger partial charge on any atom is 0.135 e. The number of rotatable bonds is 4. The van der Waals surface area contributed by atoms with Crippen LogP contribution in [0.1, 0.15) is 27.4 Å². The van der Waals surface area contributed by atoms with Crippen molar-refractivity contribution in [1.82, 2.24) is 0 Å². The lowest BCUT2D eigenvalue weighted by Gasteiger charge is -2.18. The van der Waals surface area contributed by atoms with Crippen LogP contribution in [0.25, 0.3) is 88.0 Å². The summed E-state index contributed by atoms with van der Waals surface area (Å²) >= 11 is 0. The molecule has 0 aliphatic heterocycles.